The molecule has 0 saturated heterocycles. The van der Waals surface area contributed by atoms with Crippen molar-refractivity contribution in [3.8, 4) is 11.5 Å². The molecule has 0 saturated carbocycles. The second-order valence-electron chi connectivity index (χ2n) is 2.97. The average Bonchev–Trinajstić information content (AvgIpc) is 2.35. The van der Waals surface area contributed by atoms with E-state index in [4.69, 9.17) is 20.4 Å². The van der Waals surface area contributed by atoms with Gasteiger partial charge in [-0.2, -0.15) is 0 Å². The minimum absolute atomic E-state index is 0.0368. The van der Waals surface area contributed by atoms with Crippen molar-refractivity contribution in [2.45, 2.75) is 0 Å². The molecule has 0 heterocycles. The van der Waals surface area contributed by atoms with Gasteiger partial charge in [-0.25, -0.2) is 0 Å². The molecule has 1 aromatic rings. The highest BCUT2D eigenvalue weighted by atomic mass is 16.5. The Balaban J connectivity index is 2.95. The molecule has 3 N–H and O–H groups in total. The van der Waals surface area contributed by atoms with E-state index in [2.05, 4.69) is 5.16 Å². The first-order chi connectivity index (χ1) is 7.71. The van der Waals surface area contributed by atoms with Crippen LogP contribution in [0.15, 0.2) is 29.4 Å². The molecule has 0 aliphatic rings. The highest BCUT2D eigenvalue weighted by molar-refractivity contribution is 5.94. The molecule has 16 heavy (non-hydrogen) atoms. The van der Waals surface area contributed by atoms with Gasteiger partial charge in [0, 0.05) is 0 Å². The van der Waals surface area contributed by atoms with Crippen LogP contribution in [0.2, 0.25) is 0 Å². The number of methoxy groups -OCH3 is 2. The van der Waals surface area contributed by atoms with Crippen LogP contribution in [0.5, 0.6) is 11.5 Å². The summed E-state index contributed by atoms with van der Waals surface area (Å²) in [6.07, 6.45) is 3.19. The van der Waals surface area contributed by atoms with Gasteiger partial charge in [-0.15, -0.1) is 0 Å². The van der Waals surface area contributed by atoms with Crippen LogP contribution in [0.4, 0.5) is 0 Å². The smallest absolute Gasteiger partial charge is 0.162 e. The number of benzene rings is 1. The number of ether oxygens (including phenoxy) is 2. The topological polar surface area (TPSA) is 77.1 Å². The minimum Gasteiger partial charge on any atom is -0.493 e. The quantitative estimate of drug-likeness (QED) is 0.350. The first-order valence-electron chi connectivity index (χ1n) is 4.59. The molecule has 0 spiro atoms. The van der Waals surface area contributed by atoms with E-state index in [0.717, 1.165) is 5.56 Å². The van der Waals surface area contributed by atoms with Crippen molar-refractivity contribution in [3.05, 3.63) is 29.8 Å². The monoisotopic (exact) mass is 222 g/mol. The third-order valence-electron chi connectivity index (χ3n) is 1.97. The molecule has 1 aromatic carbocycles. The predicted octanol–water partition coefficient (Wildman–Crippen LogP) is 1.46. The van der Waals surface area contributed by atoms with E-state index < -0.39 is 0 Å². The standard InChI is InChI=1S/C11H14N2O3/c1-15-9-5-3-8(7-10(9)16-2)4-6-11(12)13-14/h3-7,14H,1-2H3,(H2,12,13). The molecule has 5 heteroatoms. The van der Waals surface area contributed by atoms with Crippen LogP contribution < -0.4 is 15.2 Å². The Hall–Kier alpha value is -2.17. The van der Waals surface area contributed by atoms with E-state index in [0.29, 0.717) is 11.5 Å². The molecule has 0 atom stereocenters. The largest absolute Gasteiger partial charge is 0.493 e. The summed E-state index contributed by atoms with van der Waals surface area (Å²) in [6, 6.07) is 5.41. The number of nitrogens with two attached hydrogens (primary N) is 1. The maximum Gasteiger partial charge on any atom is 0.162 e. The van der Waals surface area contributed by atoms with Gasteiger partial charge in [0.2, 0.25) is 0 Å². The van der Waals surface area contributed by atoms with Crippen molar-refractivity contribution < 1.29 is 14.7 Å². The zero-order chi connectivity index (χ0) is 12.0. The lowest BCUT2D eigenvalue weighted by atomic mass is 10.2. The van der Waals surface area contributed by atoms with E-state index in [1.807, 2.05) is 6.07 Å². The van der Waals surface area contributed by atoms with Crippen LogP contribution in [0.25, 0.3) is 6.08 Å². The van der Waals surface area contributed by atoms with Crippen LogP contribution >= 0.6 is 0 Å². The lowest BCUT2D eigenvalue weighted by Crippen LogP contribution is -2.06. The Labute approximate surface area is 93.8 Å². The van der Waals surface area contributed by atoms with Gasteiger partial charge in [-0.05, 0) is 23.8 Å². The Morgan fingerprint density at radius 2 is 2.00 bits per heavy atom. The maximum atomic E-state index is 8.36. The highest BCUT2D eigenvalue weighted by Gasteiger charge is 2.02. The van der Waals surface area contributed by atoms with Crippen LogP contribution in [0.1, 0.15) is 5.56 Å². The van der Waals surface area contributed by atoms with Crippen LogP contribution in [-0.4, -0.2) is 25.3 Å². The number of nitrogens with zero attached hydrogens (tertiary/aromatic N) is 1. The van der Waals surface area contributed by atoms with E-state index >= 15 is 0 Å². The zero-order valence-corrected chi connectivity index (χ0v) is 9.18. The van der Waals surface area contributed by atoms with Crippen LogP contribution in [-0.2, 0) is 0 Å². The van der Waals surface area contributed by atoms with Crippen molar-refractivity contribution in [2.75, 3.05) is 14.2 Å². The molecule has 5 nitrogen and oxygen atoms in total. The van der Waals surface area contributed by atoms with Gasteiger partial charge in [0.05, 0.1) is 14.2 Å². The highest BCUT2D eigenvalue weighted by Crippen LogP contribution is 2.27. The SMILES string of the molecule is COc1ccc(C=CC(N)=NO)cc1OC. The molecule has 0 bridgehead atoms. The first kappa shape index (κ1) is 11.9. The summed E-state index contributed by atoms with van der Waals surface area (Å²) in [5, 5.41) is 11.2. The summed E-state index contributed by atoms with van der Waals surface area (Å²) in [4.78, 5) is 0. The normalized spacial score (nSPS) is 11.8. The fourth-order valence-electron chi connectivity index (χ4n) is 1.17. The Bertz CT molecular complexity index is 414. The van der Waals surface area contributed by atoms with Crippen molar-refractivity contribution >= 4 is 11.9 Å². The third-order valence-corrected chi connectivity index (χ3v) is 1.97. The molecule has 0 radical (unpaired) electrons. The zero-order valence-electron chi connectivity index (χ0n) is 9.18. The van der Waals surface area contributed by atoms with Crippen molar-refractivity contribution in [2.24, 2.45) is 10.9 Å². The van der Waals surface area contributed by atoms with Gasteiger partial charge >= 0.3 is 0 Å². The van der Waals surface area contributed by atoms with Gasteiger partial charge in [0.1, 0.15) is 0 Å². The van der Waals surface area contributed by atoms with Gasteiger partial charge in [0.25, 0.3) is 0 Å². The predicted molar refractivity (Wildman–Crippen MR) is 62.0 cm³/mol. The van der Waals surface area contributed by atoms with Crippen molar-refractivity contribution in [1.82, 2.24) is 0 Å². The molecule has 0 fully saturated rings. The Morgan fingerprint density at radius 3 is 2.56 bits per heavy atom. The molecule has 0 aromatic heterocycles. The summed E-state index contributed by atoms with van der Waals surface area (Å²) in [7, 11) is 3.14. The lowest BCUT2D eigenvalue weighted by Gasteiger charge is -2.07. The second kappa shape index (κ2) is 5.65. The van der Waals surface area contributed by atoms with Crippen molar-refractivity contribution in [3.63, 3.8) is 0 Å². The molecule has 86 valence electrons. The van der Waals surface area contributed by atoms with E-state index in [1.165, 1.54) is 6.08 Å². The summed E-state index contributed by atoms with van der Waals surface area (Å²) in [6.45, 7) is 0. The number of oxime groups is 1. The van der Waals surface area contributed by atoms with Gasteiger partial charge in [0.15, 0.2) is 17.3 Å². The third kappa shape index (κ3) is 2.91. The molecular weight excluding hydrogens is 208 g/mol. The number of hydrogen-bond donors (Lipinski definition) is 2. The van der Waals surface area contributed by atoms with E-state index in [1.54, 1.807) is 32.4 Å². The van der Waals surface area contributed by atoms with Gasteiger partial charge in [-0.3, -0.25) is 0 Å². The fourth-order valence-corrected chi connectivity index (χ4v) is 1.17. The molecule has 0 unspecified atom stereocenters. The first-order valence-corrected chi connectivity index (χ1v) is 4.59. The van der Waals surface area contributed by atoms with E-state index in [-0.39, 0.29) is 5.84 Å². The summed E-state index contributed by atoms with van der Waals surface area (Å²) in [5.41, 5.74) is 6.17. The molecule has 0 amide bonds. The summed E-state index contributed by atoms with van der Waals surface area (Å²) < 4.78 is 10.2. The van der Waals surface area contributed by atoms with E-state index in [9.17, 15) is 0 Å². The van der Waals surface area contributed by atoms with Crippen LogP contribution in [0.3, 0.4) is 0 Å². The Kier molecular flexibility index (Phi) is 4.20. The van der Waals surface area contributed by atoms with Gasteiger partial charge in [-0.1, -0.05) is 17.3 Å². The number of hydrogen-bond acceptors (Lipinski definition) is 4. The average molecular weight is 222 g/mol. The lowest BCUT2D eigenvalue weighted by molar-refractivity contribution is 0.319. The summed E-state index contributed by atoms with van der Waals surface area (Å²) in [5.74, 6) is 1.32. The second-order valence-corrected chi connectivity index (χ2v) is 2.97. The molecular formula is C11H14N2O3. The number of amidine groups is 1. The summed E-state index contributed by atoms with van der Waals surface area (Å²) >= 11 is 0. The fraction of sp³-hybridized carbons (Fsp3) is 0.182. The maximum absolute atomic E-state index is 8.36. The van der Waals surface area contributed by atoms with Crippen LogP contribution in [0, 0.1) is 0 Å². The molecule has 0 aliphatic heterocycles. The Morgan fingerprint density at radius 1 is 1.31 bits per heavy atom. The number of rotatable bonds is 4. The van der Waals surface area contributed by atoms with Crippen molar-refractivity contribution in [1.29, 1.82) is 0 Å². The minimum atomic E-state index is 0.0368. The molecule has 0 aliphatic carbocycles. The van der Waals surface area contributed by atoms with Gasteiger partial charge < -0.3 is 20.4 Å². The molecule has 1 rings (SSSR count).